The average molecular weight is 470 g/mol. The molecule has 0 bridgehead atoms. The molecule has 2 aromatic rings. The molecule has 2 heterocycles. The summed E-state index contributed by atoms with van der Waals surface area (Å²) in [6.07, 6.45) is 1.26. The molecule has 2 aliphatic heterocycles. The maximum atomic E-state index is 11.5. The number of carbonyl (C=O) groups excluding carboxylic acids is 1. The lowest BCUT2D eigenvalue weighted by molar-refractivity contribution is -0.0671. The first-order valence-corrected chi connectivity index (χ1v) is 12.1. The van der Waals surface area contributed by atoms with Crippen molar-refractivity contribution in [1.29, 1.82) is 0 Å². The van der Waals surface area contributed by atoms with Crippen LogP contribution in [0.25, 0.3) is 0 Å². The number of nitrogens with two attached hydrogens (primary N) is 1. The highest BCUT2D eigenvalue weighted by Crippen LogP contribution is 2.26. The predicted molar refractivity (Wildman–Crippen MR) is 132 cm³/mol. The highest BCUT2D eigenvalue weighted by atomic mass is 16.7. The van der Waals surface area contributed by atoms with Crippen molar-refractivity contribution in [3.8, 4) is 0 Å². The SMILES string of the molecule is COCO[C@H]1CCN(C[C@@H](CN[N+]2(c3ccc(C(N)=O)cc3)CCOCC2)c2ccccc2)C1. The summed E-state index contributed by atoms with van der Waals surface area (Å²) in [5.74, 6) is -0.0827. The number of likely N-dealkylation sites (tertiary alicyclic amines) is 1. The molecule has 0 spiro atoms. The summed E-state index contributed by atoms with van der Waals surface area (Å²) in [4.78, 5) is 14.0. The topological polar surface area (TPSA) is 86.0 Å². The minimum absolute atomic E-state index is 0.228. The third-order valence-electron chi connectivity index (χ3n) is 6.92. The minimum Gasteiger partial charge on any atom is -0.370 e. The molecule has 0 radical (unpaired) electrons. The lowest BCUT2D eigenvalue weighted by Gasteiger charge is -2.41. The molecule has 2 fully saturated rings. The van der Waals surface area contributed by atoms with Crippen molar-refractivity contribution in [2.45, 2.75) is 18.4 Å². The quantitative estimate of drug-likeness (QED) is 0.387. The molecular formula is C26H37N4O4+. The maximum absolute atomic E-state index is 11.5. The molecule has 2 aliphatic rings. The van der Waals surface area contributed by atoms with E-state index < -0.39 is 5.91 Å². The average Bonchev–Trinajstić information content (AvgIpc) is 3.33. The summed E-state index contributed by atoms with van der Waals surface area (Å²) in [7, 11) is 1.66. The minimum atomic E-state index is -0.407. The number of methoxy groups -OCH3 is 1. The molecule has 3 N–H and O–H groups in total. The van der Waals surface area contributed by atoms with Crippen LogP contribution >= 0.6 is 0 Å². The Labute approximate surface area is 202 Å². The Morgan fingerprint density at radius 1 is 1.18 bits per heavy atom. The van der Waals surface area contributed by atoms with Crippen molar-refractivity contribution in [3.63, 3.8) is 0 Å². The third-order valence-corrected chi connectivity index (χ3v) is 6.92. The second-order valence-electron chi connectivity index (χ2n) is 9.15. The first-order chi connectivity index (χ1) is 16.6. The van der Waals surface area contributed by atoms with Gasteiger partial charge in [-0.3, -0.25) is 9.69 Å². The number of hydrogen-bond donors (Lipinski definition) is 2. The first kappa shape index (κ1) is 24.8. The van der Waals surface area contributed by atoms with Gasteiger partial charge in [0.2, 0.25) is 5.91 Å². The second-order valence-corrected chi connectivity index (χ2v) is 9.15. The summed E-state index contributed by atoms with van der Waals surface area (Å²) < 4.78 is 17.2. The van der Waals surface area contributed by atoms with Gasteiger partial charge >= 0.3 is 0 Å². The zero-order valence-electron chi connectivity index (χ0n) is 20.0. The molecule has 34 heavy (non-hydrogen) atoms. The van der Waals surface area contributed by atoms with Crippen molar-refractivity contribution in [3.05, 3.63) is 65.7 Å². The van der Waals surface area contributed by atoms with Crippen molar-refractivity contribution >= 4 is 11.6 Å². The van der Waals surface area contributed by atoms with E-state index in [1.807, 2.05) is 24.3 Å². The lowest BCUT2D eigenvalue weighted by atomic mass is 9.98. The number of hydrogen-bond acceptors (Lipinski definition) is 6. The molecule has 8 heteroatoms. The van der Waals surface area contributed by atoms with E-state index in [4.69, 9.17) is 19.9 Å². The molecule has 0 aliphatic carbocycles. The fraction of sp³-hybridized carbons (Fsp3) is 0.500. The van der Waals surface area contributed by atoms with E-state index >= 15 is 0 Å². The Morgan fingerprint density at radius 2 is 1.91 bits per heavy atom. The van der Waals surface area contributed by atoms with Gasteiger partial charge in [0, 0.05) is 50.4 Å². The number of nitrogens with zero attached hydrogens (tertiary/aromatic N) is 2. The van der Waals surface area contributed by atoms with Crippen molar-refractivity contribution in [2.75, 3.05) is 66.4 Å². The first-order valence-electron chi connectivity index (χ1n) is 12.1. The van der Waals surface area contributed by atoms with E-state index in [2.05, 4.69) is 40.7 Å². The molecular weight excluding hydrogens is 432 g/mol. The normalized spacial score (nSPS) is 21.4. The number of ether oxygens (including phenoxy) is 3. The van der Waals surface area contributed by atoms with Crippen LogP contribution in [0.15, 0.2) is 54.6 Å². The van der Waals surface area contributed by atoms with Crippen LogP contribution in [0.1, 0.15) is 28.3 Å². The second kappa shape index (κ2) is 11.9. The number of primary amides is 1. The van der Waals surface area contributed by atoms with Crippen LogP contribution in [0.5, 0.6) is 0 Å². The summed E-state index contributed by atoms with van der Waals surface area (Å²) in [5, 5.41) is 0. The zero-order chi connectivity index (χ0) is 23.8. The standard InChI is InChI=1S/C26H36N4O4/c1-32-20-34-25-11-12-29(19-25)18-23(21-5-3-2-4-6-21)17-28-30(13-15-33-16-14-30)24-9-7-22(8-10-24)26(27)31/h2-10,23,25,28H,11-20H2,1H3,(H-,27,31)/p+1/t23-,25+/m1/s1. The number of nitrogens with one attached hydrogen (secondary N) is 1. The molecule has 2 saturated heterocycles. The van der Waals surface area contributed by atoms with Gasteiger partial charge in [-0.1, -0.05) is 30.3 Å². The highest BCUT2D eigenvalue weighted by Gasteiger charge is 2.35. The monoisotopic (exact) mass is 469 g/mol. The number of rotatable bonds is 11. The summed E-state index contributed by atoms with van der Waals surface area (Å²) >= 11 is 0. The zero-order valence-corrected chi connectivity index (χ0v) is 20.0. The van der Waals surface area contributed by atoms with E-state index in [0.29, 0.717) is 36.1 Å². The molecule has 2 aromatic carbocycles. The van der Waals surface area contributed by atoms with Gasteiger partial charge in [-0.05, 0) is 24.1 Å². The molecule has 184 valence electrons. The Kier molecular flexibility index (Phi) is 8.66. The van der Waals surface area contributed by atoms with Crippen LogP contribution in [0.3, 0.4) is 0 Å². The van der Waals surface area contributed by atoms with Crippen molar-refractivity contribution in [1.82, 2.24) is 14.9 Å². The van der Waals surface area contributed by atoms with E-state index in [1.165, 1.54) is 5.56 Å². The number of quaternary nitrogens is 1. The van der Waals surface area contributed by atoms with E-state index in [-0.39, 0.29) is 6.10 Å². The Hall–Kier alpha value is -2.33. The summed E-state index contributed by atoms with van der Waals surface area (Å²) in [5.41, 5.74) is 12.3. The van der Waals surface area contributed by atoms with Crippen LogP contribution in [-0.2, 0) is 14.2 Å². The van der Waals surface area contributed by atoms with E-state index in [9.17, 15) is 4.79 Å². The van der Waals surface area contributed by atoms with E-state index in [1.54, 1.807) is 7.11 Å². The molecule has 1 amide bonds. The van der Waals surface area contributed by atoms with Gasteiger partial charge in [-0.15, -0.1) is 0 Å². The number of carbonyl (C=O) groups is 1. The third kappa shape index (κ3) is 6.21. The summed E-state index contributed by atoms with van der Waals surface area (Å²) in [6.45, 7) is 7.11. The van der Waals surface area contributed by atoms with Crippen LogP contribution in [0.4, 0.5) is 5.69 Å². The van der Waals surface area contributed by atoms with Gasteiger partial charge in [0.25, 0.3) is 0 Å². The predicted octanol–water partition coefficient (Wildman–Crippen LogP) is 2.11. The van der Waals surface area contributed by atoms with Gasteiger partial charge in [-0.25, -0.2) is 4.59 Å². The largest absolute Gasteiger partial charge is 0.370 e. The molecule has 4 rings (SSSR count). The van der Waals surface area contributed by atoms with Gasteiger partial charge in [0.15, 0.2) is 5.69 Å². The number of benzene rings is 2. The summed E-state index contributed by atoms with van der Waals surface area (Å²) in [6, 6.07) is 18.4. The Bertz CT molecular complexity index is 903. The van der Waals surface area contributed by atoms with Gasteiger partial charge in [0.1, 0.15) is 19.9 Å². The Morgan fingerprint density at radius 3 is 2.59 bits per heavy atom. The van der Waals surface area contributed by atoms with Crippen molar-refractivity contribution in [2.24, 2.45) is 5.73 Å². The highest BCUT2D eigenvalue weighted by molar-refractivity contribution is 5.93. The van der Waals surface area contributed by atoms with E-state index in [0.717, 1.165) is 51.4 Å². The maximum Gasteiger partial charge on any atom is 0.248 e. The van der Waals surface area contributed by atoms with Gasteiger partial charge < -0.3 is 19.9 Å². The van der Waals surface area contributed by atoms with Gasteiger partial charge in [0.05, 0.1) is 25.9 Å². The number of morpholine rings is 1. The van der Waals surface area contributed by atoms with Crippen LogP contribution in [-0.4, -0.2) is 83.3 Å². The van der Waals surface area contributed by atoms with Crippen LogP contribution in [0.2, 0.25) is 0 Å². The van der Waals surface area contributed by atoms with Crippen molar-refractivity contribution < 1.29 is 19.0 Å². The van der Waals surface area contributed by atoms with Crippen LogP contribution in [0, 0.1) is 0 Å². The smallest absolute Gasteiger partial charge is 0.248 e. The molecule has 0 saturated carbocycles. The van der Waals surface area contributed by atoms with Gasteiger partial charge in [-0.2, -0.15) is 5.43 Å². The number of amides is 1. The molecule has 2 atom stereocenters. The fourth-order valence-corrected chi connectivity index (χ4v) is 4.95. The molecule has 0 unspecified atom stereocenters. The Balaban J connectivity index is 1.48. The lowest BCUT2D eigenvalue weighted by Crippen LogP contribution is -2.65. The molecule has 0 aromatic heterocycles. The molecule has 8 nitrogen and oxygen atoms in total. The van der Waals surface area contributed by atoms with Crippen LogP contribution < -0.4 is 15.8 Å². The fourth-order valence-electron chi connectivity index (χ4n) is 4.95.